The Bertz CT molecular complexity index is 880. The molecule has 0 saturated carbocycles. The molecule has 0 amide bonds. The summed E-state index contributed by atoms with van der Waals surface area (Å²) in [6.45, 7) is 3.73. The van der Waals surface area contributed by atoms with Crippen LogP contribution in [0.5, 0.6) is 0 Å². The fourth-order valence-corrected chi connectivity index (χ4v) is 2.56. The Labute approximate surface area is 128 Å². The third-order valence-electron chi connectivity index (χ3n) is 3.38. The predicted octanol–water partition coefficient (Wildman–Crippen LogP) is 2.23. The van der Waals surface area contributed by atoms with Crippen LogP contribution < -0.4 is 0 Å². The number of halogens is 1. The van der Waals surface area contributed by atoms with Crippen molar-refractivity contribution in [1.82, 2.24) is 24.5 Å². The molecule has 8 heteroatoms. The molecule has 0 spiro atoms. The van der Waals surface area contributed by atoms with Crippen LogP contribution in [0.3, 0.4) is 0 Å². The molecule has 0 fully saturated rings. The zero-order valence-electron chi connectivity index (χ0n) is 11.6. The first-order valence-electron chi connectivity index (χ1n) is 6.18. The van der Waals surface area contributed by atoms with Crippen LogP contribution in [-0.2, 0) is 7.05 Å². The van der Waals surface area contributed by atoms with Gasteiger partial charge < -0.3 is 5.11 Å². The highest BCUT2D eigenvalue weighted by molar-refractivity contribution is 9.10. The number of pyridine rings is 1. The quantitative estimate of drug-likeness (QED) is 0.766. The van der Waals surface area contributed by atoms with E-state index in [4.69, 9.17) is 0 Å². The first kappa shape index (κ1) is 13.7. The molecule has 0 atom stereocenters. The number of hydrogen-bond donors (Lipinski definition) is 1. The van der Waals surface area contributed by atoms with Crippen LogP contribution >= 0.6 is 15.9 Å². The molecule has 108 valence electrons. The second-order valence-corrected chi connectivity index (χ2v) is 5.52. The monoisotopic (exact) mass is 349 g/mol. The highest BCUT2D eigenvalue weighted by atomic mass is 79.9. The molecular weight excluding hydrogens is 338 g/mol. The van der Waals surface area contributed by atoms with Crippen LogP contribution in [0.2, 0.25) is 0 Å². The average Bonchev–Trinajstić information content (AvgIpc) is 2.94. The summed E-state index contributed by atoms with van der Waals surface area (Å²) in [6, 6.07) is 0. The Balaban J connectivity index is 2.46. The SMILES string of the molecule is Cc1nn(-c2c(C(=O)O)cnc3c2cnn3C)c(C)c1Br. The second-order valence-electron chi connectivity index (χ2n) is 4.73. The molecular formula is C13H12BrN5O2. The first-order valence-corrected chi connectivity index (χ1v) is 6.97. The molecule has 3 aromatic heterocycles. The van der Waals surface area contributed by atoms with Gasteiger partial charge in [-0.25, -0.2) is 14.5 Å². The second kappa shape index (κ2) is 4.66. The minimum atomic E-state index is -1.05. The minimum absolute atomic E-state index is 0.0913. The Morgan fingerprint density at radius 3 is 2.62 bits per heavy atom. The summed E-state index contributed by atoms with van der Waals surface area (Å²) in [5, 5.41) is 18.7. The van der Waals surface area contributed by atoms with Crippen molar-refractivity contribution in [3.05, 3.63) is 33.8 Å². The largest absolute Gasteiger partial charge is 0.478 e. The molecule has 0 aliphatic rings. The molecule has 0 unspecified atom stereocenters. The lowest BCUT2D eigenvalue weighted by molar-refractivity contribution is 0.0696. The number of rotatable bonds is 2. The molecule has 0 saturated heterocycles. The number of carboxylic acids is 1. The van der Waals surface area contributed by atoms with E-state index in [1.54, 1.807) is 22.6 Å². The highest BCUT2D eigenvalue weighted by Crippen LogP contribution is 2.29. The summed E-state index contributed by atoms with van der Waals surface area (Å²) in [4.78, 5) is 15.7. The van der Waals surface area contributed by atoms with Crippen molar-refractivity contribution in [3.8, 4) is 5.69 Å². The van der Waals surface area contributed by atoms with Crippen molar-refractivity contribution >= 4 is 32.9 Å². The van der Waals surface area contributed by atoms with Gasteiger partial charge in [0.2, 0.25) is 0 Å². The van der Waals surface area contributed by atoms with Gasteiger partial charge in [0.15, 0.2) is 5.65 Å². The van der Waals surface area contributed by atoms with Crippen molar-refractivity contribution in [2.75, 3.05) is 0 Å². The number of carboxylic acid groups (broad SMARTS) is 1. The van der Waals surface area contributed by atoms with E-state index in [-0.39, 0.29) is 5.56 Å². The van der Waals surface area contributed by atoms with Crippen molar-refractivity contribution in [1.29, 1.82) is 0 Å². The third kappa shape index (κ3) is 1.94. The van der Waals surface area contributed by atoms with Gasteiger partial charge in [-0.05, 0) is 29.8 Å². The Morgan fingerprint density at radius 2 is 2.05 bits per heavy atom. The van der Waals surface area contributed by atoms with Crippen molar-refractivity contribution in [3.63, 3.8) is 0 Å². The number of hydrogen-bond acceptors (Lipinski definition) is 4. The molecule has 0 aliphatic heterocycles. The topological polar surface area (TPSA) is 85.8 Å². The molecule has 0 radical (unpaired) electrons. The van der Waals surface area contributed by atoms with Crippen LogP contribution in [0, 0.1) is 13.8 Å². The van der Waals surface area contributed by atoms with E-state index in [2.05, 4.69) is 31.1 Å². The molecule has 0 bridgehead atoms. The van der Waals surface area contributed by atoms with Crippen molar-refractivity contribution < 1.29 is 9.90 Å². The van der Waals surface area contributed by atoms with Gasteiger partial charge in [-0.2, -0.15) is 10.2 Å². The average molecular weight is 350 g/mol. The van der Waals surface area contributed by atoms with Crippen LogP contribution in [0.15, 0.2) is 16.9 Å². The zero-order valence-corrected chi connectivity index (χ0v) is 13.2. The third-order valence-corrected chi connectivity index (χ3v) is 4.53. The van der Waals surface area contributed by atoms with Gasteiger partial charge in [-0.15, -0.1) is 0 Å². The molecule has 3 heterocycles. The molecule has 1 N–H and O–H groups in total. The van der Waals surface area contributed by atoms with Gasteiger partial charge in [0.05, 0.1) is 33.1 Å². The Morgan fingerprint density at radius 1 is 1.33 bits per heavy atom. The number of fused-ring (bicyclic) bond motifs is 1. The number of nitrogens with zero attached hydrogens (tertiary/aromatic N) is 5. The van der Waals surface area contributed by atoms with Crippen molar-refractivity contribution in [2.45, 2.75) is 13.8 Å². The minimum Gasteiger partial charge on any atom is -0.478 e. The van der Waals surface area contributed by atoms with Gasteiger partial charge in [0.25, 0.3) is 0 Å². The first-order chi connectivity index (χ1) is 9.91. The lowest BCUT2D eigenvalue weighted by Crippen LogP contribution is -2.10. The number of aryl methyl sites for hydroxylation is 2. The van der Waals surface area contributed by atoms with E-state index < -0.39 is 5.97 Å². The van der Waals surface area contributed by atoms with E-state index in [0.717, 1.165) is 15.9 Å². The lowest BCUT2D eigenvalue weighted by Gasteiger charge is -2.09. The molecule has 0 aromatic carbocycles. The smallest absolute Gasteiger partial charge is 0.339 e. The van der Waals surface area contributed by atoms with Crippen LogP contribution in [0.4, 0.5) is 0 Å². The Hall–Kier alpha value is -2.22. The predicted molar refractivity (Wildman–Crippen MR) is 79.8 cm³/mol. The van der Waals surface area contributed by atoms with Gasteiger partial charge in [-0.1, -0.05) is 0 Å². The van der Waals surface area contributed by atoms with E-state index >= 15 is 0 Å². The standard InChI is InChI=1S/C13H12BrN5O2/c1-6-10(14)7(2)19(17-6)11-8-5-16-18(3)12(8)15-4-9(11)13(20)21/h4-5H,1-3H3,(H,20,21). The maximum atomic E-state index is 11.5. The molecule has 3 aromatic rings. The summed E-state index contributed by atoms with van der Waals surface area (Å²) in [7, 11) is 1.76. The normalized spacial score (nSPS) is 11.2. The summed E-state index contributed by atoms with van der Waals surface area (Å²) >= 11 is 3.46. The van der Waals surface area contributed by atoms with Gasteiger partial charge >= 0.3 is 5.97 Å². The molecule has 7 nitrogen and oxygen atoms in total. The zero-order chi connectivity index (χ0) is 15.3. The van der Waals surface area contributed by atoms with E-state index in [9.17, 15) is 9.90 Å². The van der Waals surface area contributed by atoms with E-state index in [0.29, 0.717) is 16.7 Å². The lowest BCUT2D eigenvalue weighted by atomic mass is 10.2. The fraction of sp³-hybridized carbons (Fsp3) is 0.231. The number of aromatic nitrogens is 5. The molecule has 0 aliphatic carbocycles. The summed E-state index contributed by atoms with van der Waals surface area (Å²) in [5.41, 5.74) is 2.79. The van der Waals surface area contributed by atoms with Gasteiger partial charge in [0.1, 0.15) is 5.56 Å². The van der Waals surface area contributed by atoms with Crippen LogP contribution in [-0.4, -0.2) is 35.6 Å². The van der Waals surface area contributed by atoms with Crippen LogP contribution in [0.25, 0.3) is 16.7 Å². The Kier molecular flexibility index (Phi) is 3.05. The van der Waals surface area contributed by atoms with E-state index in [1.807, 2.05) is 13.8 Å². The molecule has 3 rings (SSSR count). The number of aromatic carboxylic acids is 1. The maximum absolute atomic E-state index is 11.5. The van der Waals surface area contributed by atoms with E-state index in [1.165, 1.54) is 6.20 Å². The summed E-state index contributed by atoms with van der Waals surface area (Å²) in [6.07, 6.45) is 2.94. The highest BCUT2D eigenvalue weighted by Gasteiger charge is 2.22. The maximum Gasteiger partial charge on any atom is 0.339 e. The fourth-order valence-electron chi connectivity index (χ4n) is 2.31. The summed E-state index contributed by atoms with van der Waals surface area (Å²) < 4.78 is 4.08. The summed E-state index contributed by atoms with van der Waals surface area (Å²) in [5.74, 6) is -1.05. The van der Waals surface area contributed by atoms with Crippen LogP contribution in [0.1, 0.15) is 21.7 Å². The molecule has 21 heavy (non-hydrogen) atoms. The van der Waals surface area contributed by atoms with Gasteiger partial charge in [0, 0.05) is 13.2 Å². The number of carbonyl (C=O) groups is 1. The van der Waals surface area contributed by atoms with Gasteiger partial charge in [-0.3, -0.25) is 4.68 Å². The van der Waals surface area contributed by atoms with Crippen molar-refractivity contribution in [2.24, 2.45) is 7.05 Å².